The van der Waals surface area contributed by atoms with Crippen LogP contribution in [0.25, 0.3) is 0 Å². The zero-order chi connectivity index (χ0) is 8.85. The Morgan fingerprint density at radius 3 is 2.27 bits per heavy atom. The number of nitrogens with two attached hydrogens (primary N) is 1. The Morgan fingerprint density at radius 1 is 1.36 bits per heavy atom. The lowest BCUT2D eigenvalue weighted by Gasteiger charge is -2.04. The molecule has 62 valence electrons. The molecular weight excluding hydrogens is 150 g/mol. The zero-order valence-corrected chi connectivity index (χ0v) is 5.89. The van der Waals surface area contributed by atoms with Crippen molar-refractivity contribution >= 4 is 17.8 Å². The van der Waals surface area contributed by atoms with E-state index in [1.54, 1.807) is 0 Å². The van der Waals surface area contributed by atoms with Gasteiger partial charge in [0.15, 0.2) is 0 Å². The summed E-state index contributed by atoms with van der Waals surface area (Å²) in [6.45, 7) is 0. The molecule has 0 aromatic carbocycles. The molecule has 0 saturated heterocycles. The number of amidine groups is 1. The maximum Gasteiger partial charge on any atom is 0.330 e. The second-order valence-electron chi connectivity index (χ2n) is 1.57. The van der Waals surface area contributed by atoms with Crippen LogP contribution in [0.4, 0.5) is 4.79 Å². The van der Waals surface area contributed by atoms with Crippen molar-refractivity contribution < 1.29 is 9.59 Å². The second-order valence-corrected chi connectivity index (χ2v) is 1.57. The first-order valence-electron chi connectivity index (χ1n) is 2.70. The van der Waals surface area contributed by atoms with Crippen molar-refractivity contribution in [2.75, 3.05) is 7.05 Å². The van der Waals surface area contributed by atoms with Crippen molar-refractivity contribution in [3.8, 4) is 0 Å². The molecule has 0 aliphatic rings. The fraction of sp³-hybridized carbons (Fsp3) is 0.250. The molecule has 7 heteroatoms. The first kappa shape index (κ1) is 9.21. The summed E-state index contributed by atoms with van der Waals surface area (Å²) in [5.41, 5.74) is 8.48. The van der Waals surface area contributed by atoms with E-state index in [9.17, 15) is 9.59 Å². The van der Waals surface area contributed by atoms with E-state index in [1.807, 2.05) is 10.9 Å². The lowest BCUT2D eigenvalue weighted by Crippen LogP contribution is -2.49. The minimum Gasteiger partial charge on any atom is -0.352 e. The van der Waals surface area contributed by atoms with Crippen molar-refractivity contribution in [1.29, 1.82) is 5.41 Å². The Kier molecular flexibility index (Phi) is 3.43. The molecule has 0 fully saturated rings. The van der Waals surface area contributed by atoms with Crippen molar-refractivity contribution in [2.45, 2.75) is 0 Å². The number of rotatable bonds is 0. The van der Waals surface area contributed by atoms with Gasteiger partial charge in [-0.2, -0.15) is 0 Å². The number of carbonyl (C=O) groups is 2. The van der Waals surface area contributed by atoms with Gasteiger partial charge in [-0.25, -0.2) is 4.79 Å². The molecule has 11 heavy (non-hydrogen) atoms. The highest BCUT2D eigenvalue weighted by Crippen LogP contribution is 1.62. The molecule has 0 saturated carbocycles. The van der Waals surface area contributed by atoms with Gasteiger partial charge in [0.05, 0.1) is 0 Å². The third-order valence-corrected chi connectivity index (χ3v) is 0.765. The largest absolute Gasteiger partial charge is 0.352 e. The predicted octanol–water partition coefficient (Wildman–Crippen LogP) is -2.12. The van der Waals surface area contributed by atoms with Gasteiger partial charge >= 0.3 is 6.03 Å². The van der Waals surface area contributed by atoms with Gasteiger partial charge < -0.3 is 11.1 Å². The molecule has 7 nitrogen and oxygen atoms in total. The van der Waals surface area contributed by atoms with E-state index in [2.05, 4.69) is 11.1 Å². The minimum absolute atomic E-state index is 0.480. The summed E-state index contributed by atoms with van der Waals surface area (Å²) in [5, 5.41) is 9.06. The molecule has 0 aliphatic carbocycles. The van der Waals surface area contributed by atoms with Crippen LogP contribution in [0.15, 0.2) is 0 Å². The first-order valence-corrected chi connectivity index (χ1v) is 2.70. The van der Waals surface area contributed by atoms with Crippen LogP contribution in [0.3, 0.4) is 0 Å². The lowest BCUT2D eigenvalue weighted by molar-refractivity contribution is -0.114. The zero-order valence-electron chi connectivity index (χ0n) is 5.89. The summed E-state index contributed by atoms with van der Waals surface area (Å²) < 4.78 is 0. The van der Waals surface area contributed by atoms with Gasteiger partial charge in [-0.05, 0) is 0 Å². The van der Waals surface area contributed by atoms with E-state index >= 15 is 0 Å². The van der Waals surface area contributed by atoms with Crippen molar-refractivity contribution in [3.63, 3.8) is 0 Å². The van der Waals surface area contributed by atoms with Crippen LogP contribution in [0, 0.1) is 5.41 Å². The van der Waals surface area contributed by atoms with Gasteiger partial charge in [-0.1, -0.05) is 0 Å². The summed E-state index contributed by atoms with van der Waals surface area (Å²) in [6, 6.07) is -0.862. The first-order chi connectivity index (χ1) is 5.07. The summed E-state index contributed by atoms with van der Waals surface area (Å²) in [5.74, 6) is -1.12. The average Bonchev–Trinajstić information content (AvgIpc) is 1.98. The molecule has 0 heterocycles. The number of urea groups is 1. The SMILES string of the molecule is CNC(=O)C(=N)NNC(N)=O. The summed E-state index contributed by atoms with van der Waals surface area (Å²) in [4.78, 5) is 20.6. The van der Waals surface area contributed by atoms with Crippen LogP contribution in [0.5, 0.6) is 0 Å². The highest BCUT2D eigenvalue weighted by atomic mass is 16.2. The summed E-state index contributed by atoms with van der Waals surface area (Å²) in [6.07, 6.45) is 0. The average molecular weight is 159 g/mol. The number of amides is 3. The highest BCUT2D eigenvalue weighted by molar-refractivity contribution is 6.36. The number of hydrazine groups is 1. The summed E-state index contributed by atoms with van der Waals surface area (Å²) >= 11 is 0. The topological polar surface area (TPSA) is 120 Å². The van der Waals surface area contributed by atoms with E-state index in [0.717, 1.165) is 0 Å². The van der Waals surface area contributed by atoms with Crippen LogP contribution in [0.2, 0.25) is 0 Å². The Labute approximate surface area is 62.8 Å². The standard InChI is InChI=1S/C4H9N5O2/c1-7-3(10)2(5)8-9-4(6)11/h1H3,(H2,5,8)(H,7,10)(H3,6,9,11). The van der Waals surface area contributed by atoms with Crippen molar-refractivity contribution in [3.05, 3.63) is 0 Å². The third kappa shape index (κ3) is 3.73. The van der Waals surface area contributed by atoms with Gasteiger partial charge in [0.2, 0.25) is 5.84 Å². The Morgan fingerprint density at radius 2 is 1.91 bits per heavy atom. The lowest BCUT2D eigenvalue weighted by atomic mass is 10.6. The maximum atomic E-state index is 10.5. The van der Waals surface area contributed by atoms with Gasteiger partial charge in [-0.15, -0.1) is 0 Å². The molecule has 6 N–H and O–H groups in total. The molecule has 0 rings (SSSR count). The maximum absolute atomic E-state index is 10.5. The molecule has 0 bridgehead atoms. The van der Waals surface area contributed by atoms with Gasteiger partial charge in [0.1, 0.15) is 0 Å². The molecule has 0 aliphatic heterocycles. The second kappa shape index (κ2) is 4.09. The number of carbonyl (C=O) groups excluding carboxylic acids is 2. The van der Waals surface area contributed by atoms with Crippen LogP contribution in [-0.2, 0) is 4.79 Å². The number of primary amides is 1. The Balaban J connectivity index is 3.70. The van der Waals surface area contributed by atoms with E-state index in [0.29, 0.717) is 0 Å². The molecule has 0 unspecified atom stereocenters. The quantitative estimate of drug-likeness (QED) is 0.158. The fourth-order valence-electron chi connectivity index (χ4n) is 0.306. The van der Waals surface area contributed by atoms with Crippen LogP contribution in [0.1, 0.15) is 0 Å². The molecule has 3 amide bonds. The van der Waals surface area contributed by atoms with E-state index in [4.69, 9.17) is 5.41 Å². The van der Waals surface area contributed by atoms with E-state index in [1.165, 1.54) is 7.05 Å². The molecule has 0 aromatic heterocycles. The van der Waals surface area contributed by atoms with E-state index in [-0.39, 0.29) is 0 Å². The molecule has 0 spiro atoms. The monoisotopic (exact) mass is 159 g/mol. The number of hydrogen-bond acceptors (Lipinski definition) is 3. The van der Waals surface area contributed by atoms with Crippen LogP contribution in [-0.4, -0.2) is 24.8 Å². The molecule has 0 aromatic rings. The van der Waals surface area contributed by atoms with Crippen molar-refractivity contribution in [1.82, 2.24) is 16.2 Å². The predicted molar refractivity (Wildman–Crippen MR) is 37.6 cm³/mol. The third-order valence-electron chi connectivity index (χ3n) is 0.765. The van der Waals surface area contributed by atoms with Crippen LogP contribution < -0.4 is 21.9 Å². The molecular formula is C4H9N5O2. The molecule has 0 atom stereocenters. The van der Waals surface area contributed by atoms with Gasteiger partial charge in [0.25, 0.3) is 5.91 Å². The fourth-order valence-corrected chi connectivity index (χ4v) is 0.306. The molecule has 0 radical (unpaired) electrons. The Hall–Kier alpha value is -1.79. The normalized spacial score (nSPS) is 8.09. The minimum atomic E-state index is -0.862. The van der Waals surface area contributed by atoms with Gasteiger partial charge in [-0.3, -0.25) is 21.1 Å². The summed E-state index contributed by atoms with van der Waals surface area (Å²) in [7, 11) is 1.36. The number of hydrogen-bond donors (Lipinski definition) is 5. The van der Waals surface area contributed by atoms with Crippen molar-refractivity contribution in [2.24, 2.45) is 5.73 Å². The van der Waals surface area contributed by atoms with Gasteiger partial charge in [0, 0.05) is 7.05 Å². The smallest absolute Gasteiger partial charge is 0.330 e. The number of likely N-dealkylation sites (N-methyl/N-ethyl adjacent to an activating group) is 1. The highest BCUT2D eigenvalue weighted by Gasteiger charge is 2.05. The Bertz CT molecular complexity index is 189. The number of nitrogens with one attached hydrogen (secondary N) is 4. The van der Waals surface area contributed by atoms with Crippen LogP contribution >= 0.6 is 0 Å². The van der Waals surface area contributed by atoms with E-state index < -0.39 is 17.8 Å².